The summed E-state index contributed by atoms with van der Waals surface area (Å²) in [5.41, 5.74) is 0.777. The molecule has 0 saturated heterocycles. The first-order chi connectivity index (χ1) is 10.7. The number of fused-ring (bicyclic) bond motifs is 1. The first-order valence-electron chi connectivity index (χ1n) is 6.66. The normalized spacial score (nSPS) is 10.7. The molecule has 0 atom stereocenters. The van der Waals surface area contributed by atoms with E-state index in [9.17, 15) is 4.39 Å². The molecule has 22 heavy (non-hydrogen) atoms. The minimum Gasteiger partial charge on any atom is -0.494 e. The third-order valence-corrected chi connectivity index (χ3v) is 3.60. The van der Waals surface area contributed by atoms with Gasteiger partial charge in [0.05, 0.1) is 7.11 Å². The van der Waals surface area contributed by atoms with E-state index in [-0.39, 0.29) is 5.75 Å². The minimum absolute atomic E-state index is 0.223. The summed E-state index contributed by atoms with van der Waals surface area (Å²) in [7, 11) is 1.44. The van der Waals surface area contributed by atoms with Crippen molar-refractivity contribution in [1.82, 2.24) is 10.2 Å². The highest BCUT2D eigenvalue weighted by Gasteiger charge is 2.08. The van der Waals surface area contributed by atoms with Crippen molar-refractivity contribution in [3.8, 4) is 5.75 Å². The largest absolute Gasteiger partial charge is 0.494 e. The molecule has 112 valence electrons. The fraction of sp³-hybridized carbons (Fsp3) is 0.125. The van der Waals surface area contributed by atoms with E-state index in [0.717, 1.165) is 16.3 Å². The lowest BCUT2D eigenvalue weighted by molar-refractivity contribution is 0.386. The Kier molecular flexibility index (Phi) is 4.06. The van der Waals surface area contributed by atoms with Gasteiger partial charge in [0.15, 0.2) is 22.5 Å². The highest BCUT2D eigenvalue weighted by atomic mass is 35.5. The molecule has 1 N–H and O–H groups in total. The molecule has 0 spiro atoms. The van der Waals surface area contributed by atoms with Gasteiger partial charge in [-0.3, -0.25) is 0 Å². The van der Waals surface area contributed by atoms with E-state index >= 15 is 0 Å². The Bertz CT molecular complexity index is 826. The Hall–Kier alpha value is -2.40. The Labute approximate surface area is 131 Å². The first kappa shape index (κ1) is 14.5. The molecule has 0 aliphatic rings. The molecule has 3 aromatic rings. The van der Waals surface area contributed by atoms with Gasteiger partial charge in [-0.1, -0.05) is 41.9 Å². The summed E-state index contributed by atoms with van der Waals surface area (Å²) in [6, 6.07) is 12.4. The molecule has 0 bridgehead atoms. The molecule has 3 rings (SSSR count). The third-order valence-electron chi connectivity index (χ3n) is 3.32. The maximum Gasteiger partial charge on any atom is 0.165 e. The number of nitrogens with one attached hydrogen (secondary N) is 1. The molecule has 1 heterocycles. The Balaban J connectivity index is 1.85. The van der Waals surface area contributed by atoms with E-state index < -0.39 is 5.82 Å². The lowest BCUT2D eigenvalue weighted by atomic mass is 10.1. The molecule has 0 unspecified atom stereocenters. The molecule has 0 radical (unpaired) electrons. The van der Waals surface area contributed by atoms with Crippen LogP contribution in [0.15, 0.2) is 42.5 Å². The van der Waals surface area contributed by atoms with E-state index in [1.54, 1.807) is 12.1 Å². The topological polar surface area (TPSA) is 47.0 Å². The number of rotatable bonds is 4. The van der Waals surface area contributed by atoms with Gasteiger partial charge < -0.3 is 10.1 Å². The van der Waals surface area contributed by atoms with Gasteiger partial charge >= 0.3 is 0 Å². The molecule has 0 saturated carbocycles. The van der Waals surface area contributed by atoms with Crippen molar-refractivity contribution in [1.29, 1.82) is 0 Å². The van der Waals surface area contributed by atoms with Crippen LogP contribution in [-0.2, 0) is 6.54 Å². The van der Waals surface area contributed by atoms with Gasteiger partial charge in [0.1, 0.15) is 0 Å². The SMILES string of the molecule is COc1ccc(CNc2nnc(Cl)c3ccccc23)cc1F. The van der Waals surface area contributed by atoms with Crippen LogP contribution in [-0.4, -0.2) is 17.3 Å². The third kappa shape index (κ3) is 2.80. The van der Waals surface area contributed by atoms with Gasteiger partial charge in [-0.25, -0.2) is 4.39 Å². The summed E-state index contributed by atoms with van der Waals surface area (Å²) < 4.78 is 18.6. The number of methoxy groups -OCH3 is 1. The van der Waals surface area contributed by atoms with Crippen molar-refractivity contribution in [3.05, 3.63) is 59.0 Å². The van der Waals surface area contributed by atoms with Crippen molar-refractivity contribution in [3.63, 3.8) is 0 Å². The number of hydrogen-bond donors (Lipinski definition) is 1. The van der Waals surface area contributed by atoms with Gasteiger partial charge in [0.25, 0.3) is 0 Å². The summed E-state index contributed by atoms with van der Waals surface area (Å²) in [4.78, 5) is 0. The van der Waals surface area contributed by atoms with Crippen molar-refractivity contribution < 1.29 is 9.13 Å². The summed E-state index contributed by atoms with van der Waals surface area (Å²) >= 11 is 6.04. The summed E-state index contributed by atoms with van der Waals surface area (Å²) in [5, 5.41) is 13.2. The van der Waals surface area contributed by atoms with Gasteiger partial charge in [-0.05, 0) is 17.7 Å². The molecular weight excluding hydrogens is 305 g/mol. The number of nitrogens with zero attached hydrogens (tertiary/aromatic N) is 2. The van der Waals surface area contributed by atoms with E-state index in [1.165, 1.54) is 13.2 Å². The van der Waals surface area contributed by atoms with E-state index in [0.29, 0.717) is 17.5 Å². The zero-order valence-electron chi connectivity index (χ0n) is 11.8. The summed E-state index contributed by atoms with van der Waals surface area (Å²) in [6.07, 6.45) is 0. The molecule has 4 nitrogen and oxygen atoms in total. The van der Waals surface area contributed by atoms with Crippen LogP contribution < -0.4 is 10.1 Å². The second-order valence-electron chi connectivity index (χ2n) is 4.71. The Morgan fingerprint density at radius 2 is 1.91 bits per heavy atom. The van der Waals surface area contributed by atoms with E-state index in [1.807, 2.05) is 24.3 Å². The minimum atomic E-state index is -0.395. The van der Waals surface area contributed by atoms with Gasteiger partial charge in [-0.2, -0.15) is 0 Å². The van der Waals surface area contributed by atoms with Crippen molar-refractivity contribution in [2.45, 2.75) is 6.54 Å². The molecule has 1 aromatic heterocycles. The standard InChI is InChI=1S/C16H13ClFN3O/c1-22-14-7-6-10(8-13(14)18)9-19-16-12-5-3-2-4-11(12)15(17)20-21-16/h2-8H,9H2,1H3,(H,19,21). The molecule has 2 aromatic carbocycles. The lowest BCUT2D eigenvalue weighted by Crippen LogP contribution is -2.04. The Morgan fingerprint density at radius 1 is 1.14 bits per heavy atom. The monoisotopic (exact) mass is 317 g/mol. The highest BCUT2D eigenvalue weighted by Crippen LogP contribution is 2.26. The maximum atomic E-state index is 13.7. The average Bonchev–Trinajstić information content (AvgIpc) is 2.55. The first-order valence-corrected chi connectivity index (χ1v) is 7.04. The van der Waals surface area contributed by atoms with Crippen LogP contribution in [0.2, 0.25) is 5.15 Å². The molecule has 0 fully saturated rings. The number of benzene rings is 2. The van der Waals surface area contributed by atoms with Crippen molar-refractivity contribution >= 4 is 28.2 Å². The van der Waals surface area contributed by atoms with Gasteiger partial charge in [0, 0.05) is 17.3 Å². The molecule has 0 aliphatic carbocycles. The zero-order chi connectivity index (χ0) is 15.5. The average molecular weight is 318 g/mol. The van der Waals surface area contributed by atoms with Crippen molar-refractivity contribution in [2.24, 2.45) is 0 Å². The Morgan fingerprint density at radius 3 is 2.64 bits per heavy atom. The predicted molar refractivity (Wildman–Crippen MR) is 84.8 cm³/mol. The van der Waals surface area contributed by atoms with Crippen LogP contribution in [0.25, 0.3) is 10.8 Å². The summed E-state index contributed by atoms with van der Waals surface area (Å²) in [5.74, 6) is 0.436. The van der Waals surface area contributed by atoms with Gasteiger partial charge in [-0.15, -0.1) is 10.2 Å². The van der Waals surface area contributed by atoms with E-state index in [4.69, 9.17) is 16.3 Å². The van der Waals surface area contributed by atoms with E-state index in [2.05, 4.69) is 15.5 Å². The molecular formula is C16H13ClFN3O. The fourth-order valence-electron chi connectivity index (χ4n) is 2.21. The lowest BCUT2D eigenvalue weighted by Gasteiger charge is -2.09. The van der Waals surface area contributed by atoms with Crippen LogP contribution in [0.1, 0.15) is 5.56 Å². The second-order valence-corrected chi connectivity index (χ2v) is 5.07. The molecule has 0 aliphatic heterocycles. The fourth-order valence-corrected chi connectivity index (χ4v) is 2.41. The summed E-state index contributed by atoms with van der Waals surface area (Å²) in [6.45, 7) is 0.418. The van der Waals surface area contributed by atoms with Crippen LogP contribution in [0, 0.1) is 5.82 Å². The molecule has 6 heteroatoms. The number of halogens is 2. The van der Waals surface area contributed by atoms with Crippen LogP contribution in [0.3, 0.4) is 0 Å². The molecule has 0 amide bonds. The number of anilines is 1. The number of ether oxygens (including phenoxy) is 1. The van der Waals surface area contributed by atoms with Crippen LogP contribution in [0.4, 0.5) is 10.2 Å². The zero-order valence-corrected chi connectivity index (χ0v) is 12.6. The number of hydrogen-bond acceptors (Lipinski definition) is 4. The van der Waals surface area contributed by atoms with Crippen LogP contribution >= 0.6 is 11.6 Å². The maximum absolute atomic E-state index is 13.7. The smallest absolute Gasteiger partial charge is 0.165 e. The highest BCUT2D eigenvalue weighted by molar-refractivity contribution is 6.34. The predicted octanol–water partition coefficient (Wildman–Crippen LogP) is 4.04. The van der Waals surface area contributed by atoms with Crippen LogP contribution in [0.5, 0.6) is 5.75 Å². The second kappa shape index (κ2) is 6.15. The quantitative estimate of drug-likeness (QED) is 0.789. The van der Waals surface area contributed by atoms with Gasteiger partial charge in [0.2, 0.25) is 0 Å². The number of aromatic nitrogens is 2. The van der Waals surface area contributed by atoms with Crippen molar-refractivity contribution in [2.75, 3.05) is 12.4 Å².